The summed E-state index contributed by atoms with van der Waals surface area (Å²) in [4.78, 5) is 26.0. The van der Waals surface area contributed by atoms with Gasteiger partial charge in [-0.3, -0.25) is 9.36 Å². The number of benzene rings is 2. The predicted molar refractivity (Wildman–Crippen MR) is 122 cm³/mol. The van der Waals surface area contributed by atoms with E-state index in [1.807, 2.05) is 0 Å². The first-order valence-electron chi connectivity index (χ1n) is 10.9. The Morgan fingerprint density at radius 1 is 1.24 bits per heavy atom. The number of amides is 1. The summed E-state index contributed by atoms with van der Waals surface area (Å²) in [6, 6.07) is 9.99. The molecule has 4 rings (SSSR count). The molecule has 0 spiro atoms. The molecule has 0 bridgehead atoms. The number of likely N-dealkylation sites (tertiary alicyclic amines) is 1. The van der Waals surface area contributed by atoms with Crippen LogP contribution in [0.4, 0.5) is 4.39 Å². The van der Waals surface area contributed by atoms with Crippen LogP contribution < -0.4 is 10.5 Å². The van der Waals surface area contributed by atoms with E-state index in [4.69, 9.17) is 9.15 Å². The molecule has 2 heterocycles. The number of rotatable bonds is 8. The number of halogens is 1. The molecule has 0 radical (unpaired) electrons. The highest BCUT2D eigenvalue weighted by molar-refractivity contribution is 7.89. The second kappa shape index (κ2) is 9.59. The molecule has 1 unspecified atom stereocenters. The fraction of sp³-hybridized carbons (Fsp3) is 0.391. The lowest BCUT2D eigenvalue weighted by Crippen LogP contribution is -2.40. The first-order chi connectivity index (χ1) is 16.1. The Morgan fingerprint density at radius 2 is 1.97 bits per heavy atom. The van der Waals surface area contributed by atoms with Crippen LogP contribution >= 0.6 is 0 Å². The van der Waals surface area contributed by atoms with Crippen molar-refractivity contribution in [3.8, 4) is 5.75 Å². The molecule has 0 saturated carbocycles. The molecule has 1 fully saturated rings. The summed E-state index contributed by atoms with van der Waals surface area (Å²) in [5, 5.41) is 0. The van der Waals surface area contributed by atoms with Crippen LogP contribution in [0.3, 0.4) is 0 Å². The van der Waals surface area contributed by atoms with E-state index >= 15 is 0 Å². The standard InChI is InChI=1S/C23H26FN3O6S/c1-25(34(30,31)19-7-8-20-21(13-19)33-23(29)26(20)2)15-22(28)27-11-9-16(14-27)10-12-32-18-5-3-17(24)4-6-18/h3-8,13,16H,9-12,14-15H2,1-2H3. The smallest absolute Gasteiger partial charge is 0.419 e. The summed E-state index contributed by atoms with van der Waals surface area (Å²) in [5.74, 6) is -0.349. The highest BCUT2D eigenvalue weighted by Gasteiger charge is 2.30. The van der Waals surface area contributed by atoms with Crippen LogP contribution in [0.15, 0.2) is 56.6 Å². The van der Waals surface area contributed by atoms with Crippen LogP contribution in [0.5, 0.6) is 5.75 Å². The molecule has 0 N–H and O–H groups in total. The summed E-state index contributed by atoms with van der Waals surface area (Å²) in [6.45, 7) is 1.23. The third-order valence-electron chi connectivity index (χ3n) is 6.08. The number of aromatic nitrogens is 1. The van der Waals surface area contributed by atoms with Gasteiger partial charge in [0.1, 0.15) is 11.6 Å². The summed E-state index contributed by atoms with van der Waals surface area (Å²) in [5.41, 5.74) is 0.646. The van der Waals surface area contributed by atoms with E-state index in [9.17, 15) is 22.4 Å². The minimum atomic E-state index is -3.95. The largest absolute Gasteiger partial charge is 0.494 e. The lowest BCUT2D eigenvalue weighted by Gasteiger charge is -2.21. The van der Waals surface area contributed by atoms with Gasteiger partial charge in [-0.15, -0.1) is 0 Å². The van der Waals surface area contributed by atoms with Crippen molar-refractivity contribution in [3.05, 3.63) is 58.8 Å². The maximum absolute atomic E-state index is 13.0. The van der Waals surface area contributed by atoms with Crippen molar-refractivity contribution < 1.29 is 26.8 Å². The Balaban J connectivity index is 1.31. The zero-order chi connectivity index (χ0) is 24.5. The first kappa shape index (κ1) is 24.0. The summed E-state index contributed by atoms with van der Waals surface area (Å²) < 4.78 is 51.9. The number of fused-ring (bicyclic) bond motifs is 1. The van der Waals surface area contributed by atoms with E-state index in [1.165, 1.54) is 49.0 Å². The van der Waals surface area contributed by atoms with Crippen molar-refractivity contribution in [3.63, 3.8) is 0 Å². The zero-order valence-corrected chi connectivity index (χ0v) is 19.8. The predicted octanol–water partition coefficient (Wildman–Crippen LogP) is 2.21. The fourth-order valence-electron chi connectivity index (χ4n) is 4.00. The molecule has 1 aliphatic rings. The number of hydrogen-bond acceptors (Lipinski definition) is 6. The molecule has 2 aromatic carbocycles. The molecule has 182 valence electrons. The van der Waals surface area contributed by atoms with Gasteiger partial charge in [-0.1, -0.05) is 0 Å². The Morgan fingerprint density at radius 3 is 2.71 bits per heavy atom. The minimum Gasteiger partial charge on any atom is -0.494 e. The van der Waals surface area contributed by atoms with Crippen molar-refractivity contribution in [1.82, 2.24) is 13.8 Å². The summed E-state index contributed by atoms with van der Waals surface area (Å²) in [6.07, 6.45) is 1.54. The van der Waals surface area contributed by atoms with Gasteiger partial charge in [-0.2, -0.15) is 4.31 Å². The van der Waals surface area contributed by atoms with Crippen LogP contribution in [-0.2, 0) is 21.9 Å². The van der Waals surface area contributed by atoms with Crippen molar-refractivity contribution in [1.29, 1.82) is 0 Å². The number of carbonyl (C=O) groups is 1. The molecule has 0 aliphatic carbocycles. The normalized spacial score (nSPS) is 16.5. The molecular weight excluding hydrogens is 465 g/mol. The van der Waals surface area contributed by atoms with Crippen LogP contribution in [0.25, 0.3) is 11.1 Å². The minimum absolute atomic E-state index is 0.0538. The lowest BCUT2D eigenvalue weighted by atomic mass is 10.1. The molecule has 3 aromatic rings. The monoisotopic (exact) mass is 491 g/mol. The Labute approximate surface area is 196 Å². The Hall–Kier alpha value is -3.18. The van der Waals surface area contributed by atoms with Gasteiger partial charge in [0, 0.05) is 33.3 Å². The van der Waals surface area contributed by atoms with Crippen molar-refractivity contribution in [2.24, 2.45) is 13.0 Å². The number of carbonyl (C=O) groups excluding carboxylic acids is 1. The Bertz CT molecular complexity index is 1350. The molecule has 1 aliphatic heterocycles. The van der Waals surface area contributed by atoms with Crippen LogP contribution in [-0.4, -0.2) is 61.4 Å². The highest BCUT2D eigenvalue weighted by Crippen LogP contribution is 2.23. The average molecular weight is 492 g/mol. The molecule has 34 heavy (non-hydrogen) atoms. The molecule has 1 amide bonds. The molecule has 9 nitrogen and oxygen atoms in total. The van der Waals surface area contributed by atoms with Gasteiger partial charge in [0.25, 0.3) is 0 Å². The third kappa shape index (κ3) is 5.00. The van der Waals surface area contributed by atoms with E-state index in [0.29, 0.717) is 31.0 Å². The lowest BCUT2D eigenvalue weighted by molar-refractivity contribution is -0.130. The molecule has 1 aromatic heterocycles. The summed E-state index contributed by atoms with van der Waals surface area (Å²) in [7, 11) is -1.07. The maximum atomic E-state index is 13.0. The van der Waals surface area contributed by atoms with Gasteiger partial charge in [0.2, 0.25) is 15.9 Å². The second-order valence-electron chi connectivity index (χ2n) is 8.40. The van der Waals surface area contributed by atoms with E-state index in [1.54, 1.807) is 17.0 Å². The quantitative estimate of drug-likeness (QED) is 0.479. The SMILES string of the molecule is CN(CC(=O)N1CCC(CCOc2ccc(F)cc2)C1)S(=O)(=O)c1ccc2c(c1)oc(=O)n2C. The highest BCUT2D eigenvalue weighted by atomic mass is 32.2. The zero-order valence-electron chi connectivity index (χ0n) is 18.9. The molecular formula is C23H26FN3O6S. The molecule has 1 saturated heterocycles. The van der Waals surface area contributed by atoms with Gasteiger partial charge >= 0.3 is 5.76 Å². The average Bonchev–Trinajstić information content (AvgIpc) is 3.39. The second-order valence-corrected chi connectivity index (χ2v) is 10.4. The van der Waals surface area contributed by atoms with Crippen molar-refractivity contribution >= 4 is 27.0 Å². The third-order valence-corrected chi connectivity index (χ3v) is 7.88. The van der Waals surface area contributed by atoms with E-state index in [-0.39, 0.29) is 34.7 Å². The number of aryl methyl sites for hydroxylation is 1. The fourth-order valence-corrected chi connectivity index (χ4v) is 5.14. The van der Waals surface area contributed by atoms with Gasteiger partial charge in [0.05, 0.1) is 23.6 Å². The number of ether oxygens (including phenoxy) is 1. The van der Waals surface area contributed by atoms with Gasteiger partial charge in [-0.25, -0.2) is 17.6 Å². The molecule has 11 heteroatoms. The number of likely N-dealkylation sites (N-methyl/N-ethyl adjacent to an activating group) is 1. The topological polar surface area (TPSA) is 102 Å². The maximum Gasteiger partial charge on any atom is 0.419 e. The van der Waals surface area contributed by atoms with Gasteiger partial charge in [-0.05, 0) is 55.2 Å². The van der Waals surface area contributed by atoms with Crippen LogP contribution in [0.2, 0.25) is 0 Å². The van der Waals surface area contributed by atoms with E-state index in [2.05, 4.69) is 0 Å². The van der Waals surface area contributed by atoms with E-state index < -0.39 is 15.8 Å². The number of hydrogen-bond donors (Lipinski definition) is 0. The van der Waals surface area contributed by atoms with Gasteiger partial charge in [0.15, 0.2) is 5.58 Å². The number of sulfonamides is 1. The number of oxazole rings is 1. The first-order valence-corrected chi connectivity index (χ1v) is 12.3. The van der Waals surface area contributed by atoms with E-state index in [0.717, 1.165) is 17.1 Å². The molecule has 1 atom stereocenters. The van der Waals surface area contributed by atoms with Crippen molar-refractivity contribution in [2.75, 3.05) is 33.3 Å². The van der Waals surface area contributed by atoms with Crippen LogP contribution in [0.1, 0.15) is 12.8 Å². The van der Waals surface area contributed by atoms with Crippen LogP contribution in [0, 0.1) is 11.7 Å². The van der Waals surface area contributed by atoms with Gasteiger partial charge < -0.3 is 14.1 Å². The number of nitrogens with zero attached hydrogens (tertiary/aromatic N) is 3. The summed E-state index contributed by atoms with van der Waals surface area (Å²) >= 11 is 0. The Kier molecular flexibility index (Phi) is 6.76. The van der Waals surface area contributed by atoms with Crippen molar-refractivity contribution in [2.45, 2.75) is 17.7 Å².